The lowest BCUT2D eigenvalue weighted by atomic mass is 10.0. The second-order valence-electron chi connectivity index (χ2n) is 7.41. The van der Waals surface area contributed by atoms with Crippen LogP contribution in [-0.4, -0.2) is 36.4 Å². The predicted molar refractivity (Wildman–Crippen MR) is 103 cm³/mol. The second-order valence-corrected chi connectivity index (χ2v) is 7.41. The molecule has 2 amide bonds. The molecule has 2 heterocycles. The molecule has 2 aromatic rings. The summed E-state index contributed by atoms with van der Waals surface area (Å²) in [6.07, 6.45) is 2.75. The van der Waals surface area contributed by atoms with Crippen LogP contribution < -0.4 is 15.5 Å². The van der Waals surface area contributed by atoms with E-state index in [2.05, 4.69) is 34.7 Å². The molecule has 1 aliphatic heterocycles. The van der Waals surface area contributed by atoms with Crippen LogP contribution in [0.25, 0.3) is 0 Å². The van der Waals surface area contributed by atoms with Gasteiger partial charge in [-0.25, -0.2) is 0 Å². The molecule has 2 N–H and O–H groups in total. The van der Waals surface area contributed by atoms with Crippen molar-refractivity contribution in [3.05, 3.63) is 59.9 Å². The van der Waals surface area contributed by atoms with Gasteiger partial charge in [0, 0.05) is 25.0 Å². The molecule has 3 unspecified atom stereocenters. The van der Waals surface area contributed by atoms with Gasteiger partial charge in [0.1, 0.15) is 5.69 Å². The van der Waals surface area contributed by atoms with Crippen LogP contribution in [0.1, 0.15) is 35.4 Å². The molecule has 3 atom stereocenters. The van der Waals surface area contributed by atoms with E-state index >= 15 is 0 Å². The highest BCUT2D eigenvalue weighted by Gasteiger charge is 2.41. The third-order valence-electron chi connectivity index (χ3n) is 5.42. The van der Waals surface area contributed by atoms with E-state index < -0.39 is 0 Å². The van der Waals surface area contributed by atoms with Crippen LogP contribution in [0.5, 0.6) is 0 Å². The van der Waals surface area contributed by atoms with E-state index in [1.807, 2.05) is 29.2 Å². The lowest BCUT2D eigenvalue weighted by Crippen LogP contribution is -2.47. The minimum atomic E-state index is -0.175. The smallest absolute Gasteiger partial charge is 0.270 e. The highest BCUT2D eigenvalue weighted by atomic mass is 16.2. The third-order valence-corrected chi connectivity index (χ3v) is 5.42. The first-order valence-electron chi connectivity index (χ1n) is 9.45. The van der Waals surface area contributed by atoms with Gasteiger partial charge >= 0.3 is 0 Å². The number of nitrogens with zero attached hydrogens (tertiary/aromatic N) is 2. The summed E-state index contributed by atoms with van der Waals surface area (Å²) in [5.74, 6) is 0.897. The molecule has 6 nitrogen and oxygen atoms in total. The van der Waals surface area contributed by atoms with Crippen LogP contribution in [0.4, 0.5) is 5.69 Å². The summed E-state index contributed by atoms with van der Waals surface area (Å²) in [6, 6.07) is 13.7. The zero-order chi connectivity index (χ0) is 18.8. The molecule has 2 fully saturated rings. The number of amides is 2. The van der Waals surface area contributed by atoms with Crippen molar-refractivity contribution >= 4 is 17.5 Å². The van der Waals surface area contributed by atoms with Gasteiger partial charge in [-0.1, -0.05) is 37.3 Å². The quantitative estimate of drug-likeness (QED) is 0.853. The number of benzene rings is 1. The van der Waals surface area contributed by atoms with E-state index in [4.69, 9.17) is 0 Å². The van der Waals surface area contributed by atoms with Crippen LogP contribution in [0.2, 0.25) is 0 Å². The SMILES string of the molecule is CC1CC1C(NC(=O)c1cc(N2CCNC(=O)C2)ccn1)c1ccccc1. The summed E-state index contributed by atoms with van der Waals surface area (Å²) in [7, 11) is 0. The average molecular weight is 364 g/mol. The molecule has 1 saturated carbocycles. The third kappa shape index (κ3) is 3.94. The minimum Gasteiger partial charge on any atom is -0.360 e. The summed E-state index contributed by atoms with van der Waals surface area (Å²) in [6.45, 7) is 3.85. The molecule has 6 heteroatoms. The van der Waals surface area contributed by atoms with Gasteiger partial charge in [-0.2, -0.15) is 0 Å². The van der Waals surface area contributed by atoms with Crippen molar-refractivity contribution in [2.45, 2.75) is 19.4 Å². The molecular formula is C21H24N4O2. The van der Waals surface area contributed by atoms with Crippen molar-refractivity contribution in [1.82, 2.24) is 15.6 Å². The maximum absolute atomic E-state index is 12.9. The van der Waals surface area contributed by atoms with Gasteiger partial charge in [-0.3, -0.25) is 14.6 Å². The zero-order valence-electron chi connectivity index (χ0n) is 15.4. The summed E-state index contributed by atoms with van der Waals surface area (Å²) in [5, 5.41) is 5.99. The summed E-state index contributed by atoms with van der Waals surface area (Å²) in [5.41, 5.74) is 2.36. The maximum Gasteiger partial charge on any atom is 0.270 e. The van der Waals surface area contributed by atoms with Crippen molar-refractivity contribution in [3.63, 3.8) is 0 Å². The van der Waals surface area contributed by atoms with Crippen molar-refractivity contribution in [3.8, 4) is 0 Å². The van der Waals surface area contributed by atoms with E-state index in [1.54, 1.807) is 12.3 Å². The molecule has 2 aliphatic rings. The Morgan fingerprint density at radius 3 is 2.78 bits per heavy atom. The highest BCUT2D eigenvalue weighted by Crippen LogP contribution is 2.47. The lowest BCUT2D eigenvalue weighted by molar-refractivity contribution is -0.120. The number of anilines is 1. The first-order valence-corrected chi connectivity index (χ1v) is 9.45. The maximum atomic E-state index is 12.9. The van der Waals surface area contributed by atoms with Crippen molar-refractivity contribution in [2.24, 2.45) is 11.8 Å². The Labute approximate surface area is 159 Å². The van der Waals surface area contributed by atoms with Gasteiger partial charge in [-0.05, 0) is 36.0 Å². The lowest BCUT2D eigenvalue weighted by Gasteiger charge is -2.28. The topological polar surface area (TPSA) is 74.3 Å². The molecule has 0 bridgehead atoms. The Morgan fingerprint density at radius 1 is 1.30 bits per heavy atom. The number of carbonyl (C=O) groups is 2. The molecule has 0 radical (unpaired) electrons. The molecule has 1 aliphatic carbocycles. The average Bonchev–Trinajstić information content (AvgIpc) is 3.43. The predicted octanol–water partition coefficient (Wildman–Crippen LogP) is 2.14. The Kier molecular flexibility index (Phi) is 4.79. The minimum absolute atomic E-state index is 0.0000735. The Balaban J connectivity index is 1.52. The van der Waals surface area contributed by atoms with Gasteiger partial charge < -0.3 is 15.5 Å². The van der Waals surface area contributed by atoms with E-state index in [1.165, 1.54) is 0 Å². The van der Waals surface area contributed by atoms with Crippen LogP contribution in [0, 0.1) is 11.8 Å². The van der Waals surface area contributed by atoms with Crippen molar-refractivity contribution < 1.29 is 9.59 Å². The van der Waals surface area contributed by atoms with Gasteiger partial charge in [0.05, 0.1) is 12.6 Å². The zero-order valence-corrected chi connectivity index (χ0v) is 15.4. The Hall–Kier alpha value is -2.89. The molecule has 4 rings (SSSR count). The fourth-order valence-electron chi connectivity index (χ4n) is 3.73. The second kappa shape index (κ2) is 7.39. The molecule has 1 aromatic carbocycles. The Bertz CT molecular complexity index is 839. The van der Waals surface area contributed by atoms with Crippen LogP contribution in [-0.2, 0) is 4.79 Å². The van der Waals surface area contributed by atoms with E-state index in [-0.39, 0.29) is 17.9 Å². The van der Waals surface area contributed by atoms with Gasteiger partial charge in [0.15, 0.2) is 0 Å². The molecule has 140 valence electrons. The molecule has 1 saturated heterocycles. The van der Waals surface area contributed by atoms with Crippen LogP contribution >= 0.6 is 0 Å². The molecule has 1 aromatic heterocycles. The van der Waals surface area contributed by atoms with Crippen molar-refractivity contribution in [2.75, 3.05) is 24.5 Å². The Morgan fingerprint density at radius 2 is 2.07 bits per heavy atom. The van der Waals surface area contributed by atoms with Gasteiger partial charge in [0.2, 0.25) is 5.91 Å². The number of nitrogens with one attached hydrogen (secondary N) is 2. The van der Waals surface area contributed by atoms with Crippen LogP contribution in [0.15, 0.2) is 48.7 Å². The first-order chi connectivity index (χ1) is 13.1. The largest absolute Gasteiger partial charge is 0.360 e. The monoisotopic (exact) mass is 364 g/mol. The standard InChI is InChI=1S/C21H24N4O2/c1-14-11-17(14)20(15-5-3-2-4-6-15)24-21(27)18-12-16(7-8-22-18)25-10-9-23-19(26)13-25/h2-8,12,14,17,20H,9-11,13H2,1H3,(H,23,26)(H,24,27). The van der Waals surface area contributed by atoms with E-state index in [0.29, 0.717) is 30.6 Å². The van der Waals surface area contributed by atoms with Gasteiger partial charge in [0.25, 0.3) is 5.91 Å². The normalized spacial score (nSPS) is 22.7. The fraction of sp³-hybridized carbons (Fsp3) is 0.381. The number of rotatable bonds is 5. The van der Waals surface area contributed by atoms with E-state index in [9.17, 15) is 9.59 Å². The van der Waals surface area contributed by atoms with Crippen LogP contribution in [0.3, 0.4) is 0 Å². The number of aromatic nitrogens is 1. The number of carbonyl (C=O) groups excluding carboxylic acids is 2. The highest BCUT2D eigenvalue weighted by molar-refractivity contribution is 5.93. The number of pyridine rings is 1. The summed E-state index contributed by atoms with van der Waals surface area (Å²) in [4.78, 5) is 30.8. The number of hydrogen-bond acceptors (Lipinski definition) is 4. The fourth-order valence-corrected chi connectivity index (χ4v) is 3.73. The van der Waals surface area contributed by atoms with E-state index in [0.717, 1.165) is 24.2 Å². The van der Waals surface area contributed by atoms with Gasteiger partial charge in [-0.15, -0.1) is 0 Å². The number of piperazine rings is 1. The summed E-state index contributed by atoms with van der Waals surface area (Å²) >= 11 is 0. The summed E-state index contributed by atoms with van der Waals surface area (Å²) < 4.78 is 0. The number of hydrogen-bond donors (Lipinski definition) is 2. The molecule has 27 heavy (non-hydrogen) atoms. The van der Waals surface area contributed by atoms with Crippen molar-refractivity contribution in [1.29, 1.82) is 0 Å². The molecule has 0 spiro atoms. The first kappa shape index (κ1) is 17.5. The molecular weight excluding hydrogens is 340 g/mol.